The Hall–Kier alpha value is -2.92. The van der Waals surface area contributed by atoms with E-state index in [9.17, 15) is 13.2 Å². The van der Waals surface area contributed by atoms with E-state index in [1.54, 1.807) is 0 Å². The summed E-state index contributed by atoms with van der Waals surface area (Å²) >= 11 is 0. The Morgan fingerprint density at radius 3 is 1.97 bits per heavy atom. The minimum atomic E-state index is -4.41. The van der Waals surface area contributed by atoms with E-state index in [4.69, 9.17) is 4.99 Å². The molecule has 2 nitrogen and oxygen atoms in total. The summed E-state index contributed by atoms with van der Waals surface area (Å²) in [6, 6.07) is 23.4. The number of aliphatic imine (C=N–C) groups is 1. The maximum atomic E-state index is 13.7. The van der Waals surface area contributed by atoms with Gasteiger partial charge in [-0.3, -0.25) is 0 Å². The Bertz CT molecular complexity index is 1010. The van der Waals surface area contributed by atoms with Crippen LogP contribution in [0.5, 0.6) is 0 Å². The first kappa shape index (κ1) is 22.3. The highest BCUT2D eigenvalue weighted by atomic mass is 19.4. The van der Waals surface area contributed by atoms with Crippen molar-refractivity contribution in [1.29, 1.82) is 0 Å². The highest BCUT2D eigenvalue weighted by Crippen LogP contribution is 2.34. The first-order valence-electron chi connectivity index (χ1n) is 11.0. The van der Waals surface area contributed by atoms with E-state index in [1.807, 2.05) is 66.7 Å². The zero-order valence-corrected chi connectivity index (χ0v) is 18.1. The quantitative estimate of drug-likeness (QED) is 0.404. The van der Waals surface area contributed by atoms with Crippen molar-refractivity contribution in [3.05, 3.63) is 101 Å². The van der Waals surface area contributed by atoms with Gasteiger partial charge in [-0.15, -0.1) is 0 Å². The average Bonchev–Trinajstić information content (AvgIpc) is 2.79. The SMILES string of the molecule is CN1CCC(Cc2cc(N=C(c3ccccc3)c3ccccc3)cc(C(F)(F)F)c2)CC1. The minimum Gasteiger partial charge on any atom is -0.306 e. The Morgan fingerprint density at radius 2 is 1.44 bits per heavy atom. The summed E-state index contributed by atoms with van der Waals surface area (Å²) in [6.07, 6.45) is -1.76. The lowest BCUT2D eigenvalue weighted by Gasteiger charge is -2.29. The predicted octanol–water partition coefficient (Wildman–Crippen LogP) is 6.76. The van der Waals surface area contributed by atoms with E-state index in [0.717, 1.165) is 43.1 Å². The number of rotatable bonds is 5. The van der Waals surface area contributed by atoms with Crippen molar-refractivity contribution in [3.8, 4) is 0 Å². The van der Waals surface area contributed by atoms with Crippen molar-refractivity contribution in [1.82, 2.24) is 4.90 Å². The molecule has 1 aliphatic rings. The lowest BCUT2D eigenvalue weighted by Crippen LogP contribution is -2.30. The van der Waals surface area contributed by atoms with Gasteiger partial charge in [0.2, 0.25) is 0 Å². The van der Waals surface area contributed by atoms with Gasteiger partial charge in [-0.25, -0.2) is 4.99 Å². The van der Waals surface area contributed by atoms with Crippen LogP contribution in [0.25, 0.3) is 0 Å². The molecule has 0 aromatic heterocycles. The summed E-state index contributed by atoms with van der Waals surface area (Å²) in [5.41, 5.74) is 2.80. The Balaban J connectivity index is 1.75. The number of hydrogen-bond acceptors (Lipinski definition) is 2. The second-order valence-electron chi connectivity index (χ2n) is 8.53. The first-order valence-corrected chi connectivity index (χ1v) is 11.0. The monoisotopic (exact) mass is 436 g/mol. The van der Waals surface area contributed by atoms with Crippen LogP contribution in [0.2, 0.25) is 0 Å². The van der Waals surface area contributed by atoms with Crippen LogP contribution in [0.4, 0.5) is 18.9 Å². The van der Waals surface area contributed by atoms with Crippen LogP contribution < -0.4 is 0 Å². The van der Waals surface area contributed by atoms with Crippen LogP contribution in [-0.4, -0.2) is 30.7 Å². The van der Waals surface area contributed by atoms with Crippen molar-refractivity contribution < 1.29 is 13.2 Å². The van der Waals surface area contributed by atoms with E-state index in [1.165, 1.54) is 6.07 Å². The highest BCUT2D eigenvalue weighted by Gasteiger charge is 2.31. The van der Waals surface area contributed by atoms with Crippen molar-refractivity contribution in [2.24, 2.45) is 10.9 Å². The first-order chi connectivity index (χ1) is 15.4. The largest absolute Gasteiger partial charge is 0.416 e. The molecule has 5 heteroatoms. The van der Waals surface area contributed by atoms with Crippen LogP contribution >= 0.6 is 0 Å². The minimum absolute atomic E-state index is 0.338. The summed E-state index contributed by atoms with van der Waals surface area (Å²) in [6.45, 7) is 1.97. The second-order valence-corrected chi connectivity index (χ2v) is 8.53. The fourth-order valence-electron chi connectivity index (χ4n) is 4.24. The average molecular weight is 437 g/mol. The zero-order chi connectivity index (χ0) is 22.6. The third-order valence-corrected chi connectivity index (χ3v) is 6.00. The van der Waals surface area contributed by atoms with Crippen LogP contribution in [0, 0.1) is 5.92 Å². The molecule has 0 amide bonds. The van der Waals surface area contributed by atoms with E-state index in [2.05, 4.69) is 11.9 Å². The molecule has 166 valence electrons. The zero-order valence-electron chi connectivity index (χ0n) is 18.1. The topological polar surface area (TPSA) is 15.6 Å². The van der Waals surface area contributed by atoms with Gasteiger partial charge in [0.25, 0.3) is 0 Å². The number of hydrogen-bond donors (Lipinski definition) is 0. The number of piperidine rings is 1. The Kier molecular flexibility index (Phi) is 6.75. The maximum absolute atomic E-state index is 13.7. The van der Waals surface area contributed by atoms with E-state index >= 15 is 0 Å². The third-order valence-electron chi connectivity index (χ3n) is 6.00. The van der Waals surface area contributed by atoms with Gasteiger partial charge in [0.1, 0.15) is 0 Å². The van der Waals surface area contributed by atoms with Crippen LogP contribution in [0.1, 0.15) is 35.1 Å². The fraction of sp³-hybridized carbons (Fsp3) is 0.296. The number of benzene rings is 3. The molecule has 0 spiro atoms. The van der Waals surface area contributed by atoms with E-state index < -0.39 is 11.7 Å². The van der Waals surface area contributed by atoms with Gasteiger partial charge in [0.15, 0.2) is 0 Å². The molecule has 4 rings (SSSR count). The van der Waals surface area contributed by atoms with E-state index in [0.29, 0.717) is 29.3 Å². The normalized spacial score (nSPS) is 15.5. The van der Waals surface area contributed by atoms with Gasteiger partial charge >= 0.3 is 6.18 Å². The summed E-state index contributed by atoms with van der Waals surface area (Å²) in [5.74, 6) is 0.397. The smallest absolute Gasteiger partial charge is 0.306 e. The molecular weight excluding hydrogens is 409 g/mol. The summed E-state index contributed by atoms with van der Waals surface area (Å²) in [5, 5.41) is 0. The Morgan fingerprint density at radius 1 is 0.875 bits per heavy atom. The van der Waals surface area contributed by atoms with Gasteiger partial charge in [-0.05, 0) is 69.1 Å². The number of nitrogens with zero attached hydrogens (tertiary/aromatic N) is 2. The standard InChI is InChI=1S/C27H27F3N2/c1-32-14-12-20(13-15-32)16-21-17-24(27(28,29)30)19-25(18-21)31-26(22-8-4-2-5-9-22)23-10-6-3-7-11-23/h2-11,17-20H,12-16H2,1H3. The summed E-state index contributed by atoms with van der Waals surface area (Å²) in [4.78, 5) is 7.02. The molecule has 0 aliphatic carbocycles. The number of alkyl halides is 3. The van der Waals surface area contributed by atoms with Crippen molar-refractivity contribution in [2.75, 3.05) is 20.1 Å². The molecule has 1 aliphatic heterocycles. The van der Waals surface area contributed by atoms with Gasteiger partial charge in [0, 0.05) is 11.1 Å². The van der Waals surface area contributed by atoms with Crippen molar-refractivity contribution in [3.63, 3.8) is 0 Å². The van der Waals surface area contributed by atoms with Gasteiger partial charge in [-0.1, -0.05) is 60.7 Å². The number of halogens is 3. The van der Waals surface area contributed by atoms with Gasteiger partial charge < -0.3 is 4.90 Å². The molecule has 3 aromatic rings. The van der Waals surface area contributed by atoms with Crippen molar-refractivity contribution in [2.45, 2.75) is 25.4 Å². The molecule has 32 heavy (non-hydrogen) atoms. The molecule has 0 saturated carbocycles. The lowest BCUT2D eigenvalue weighted by atomic mass is 9.89. The molecule has 1 saturated heterocycles. The molecule has 3 aromatic carbocycles. The van der Waals surface area contributed by atoms with Crippen molar-refractivity contribution >= 4 is 11.4 Å². The number of likely N-dealkylation sites (tertiary alicyclic amines) is 1. The van der Waals surface area contributed by atoms with Crippen LogP contribution in [-0.2, 0) is 12.6 Å². The molecule has 1 fully saturated rings. The lowest BCUT2D eigenvalue weighted by molar-refractivity contribution is -0.137. The van der Waals surface area contributed by atoms with Crippen LogP contribution in [0.3, 0.4) is 0 Å². The molecule has 0 bridgehead atoms. The van der Waals surface area contributed by atoms with Crippen LogP contribution in [0.15, 0.2) is 83.9 Å². The highest BCUT2D eigenvalue weighted by molar-refractivity contribution is 6.13. The predicted molar refractivity (Wildman–Crippen MR) is 124 cm³/mol. The second kappa shape index (κ2) is 9.70. The van der Waals surface area contributed by atoms with Gasteiger partial charge in [-0.2, -0.15) is 13.2 Å². The molecule has 0 N–H and O–H groups in total. The summed E-state index contributed by atoms with van der Waals surface area (Å²) in [7, 11) is 2.09. The Labute approximate surface area is 187 Å². The third kappa shape index (κ3) is 5.65. The molecule has 0 radical (unpaired) electrons. The van der Waals surface area contributed by atoms with Gasteiger partial charge in [0.05, 0.1) is 17.0 Å². The molecule has 1 heterocycles. The maximum Gasteiger partial charge on any atom is 0.416 e. The van der Waals surface area contributed by atoms with E-state index in [-0.39, 0.29) is 0 Å². The fourth-order valence-corrected chi connectivity index (χ4v) is 4.24. The molecule has 0 atom stereocenters. The molecular formula is C27H27F3N2. The summed E-state index contributed by atoms with van der Waals surface area (Å²) < 4.78 is 41.1. The molecule has 0 unspecified atom stereocenters.